The summed E-state index contributed by atoms with van der Waals surface area (Å²) in [7, 11) is 0. The summed E-state index contributed by atoms with van der Waals surface area (Å²) < 4.78 is 7.51. The number of ether oxygens (including phenoxy) is 1. The van der Waals surface area contributed by atoms with Crippen LogP contribution in [0, 0.1) is 0 Å². The third kappa shape index (κ3) is 2.67. The quantitative estimate of drug-likeness (QED) is 0.825. The molecule has 1 amide bonds. The molecule has 0 aromatic carbocycles. The molecular formula is C17H19N3O3S. The maximum absolute atomic E-state index is 12.5. The second kappa shape index (κ2) is 6.14. The van der Waals surface area contributed by atoms with E-state index in [-0.39, 0.29) is 18.1 Å². The maximum atomic E-state index is 12.5. The molecule has 0 N–H and O–H groups in total. The number of hydrogen-bond acceptors (Lipinski definition) is 5. The van der Waals surface area contributed by atoms with Crippen molar-refractivity contribution in [3.8, 4) is 0 Å². The number of thiophene rings is 1. The van der Waals surface area contributed by atoms with Crippen molar-refractivity contribution in [1.82, 2.24) is 14.5 Å². The van der Waals surface area contributed by atoms with Crippen molar-refractivity contribution in [2.24, 2.45) is 0 Å². The number of rotatable bonds is 2. The minimum absolute atomic E-state index is 0.0397. The summed E-state index contributed by atoms with van der Waals surface area (Å²) in [4.78, 5) is 31.0. The van der Waals surface area contributed by atoms with Crippen LogP contribution in [0.2, 0.25) is 0 Å². The lowest BCUT2D eigenvalue weighted by molar-refractivity contribution is -0.140. The van der Waals surface area contributed by atoms with E-state index in [1.165, 1.54) is 21.2 Å². The van der Waals surface area contributed by atoms with Crippen LogP contribution >= 0.6 is 11.3 Å². The monoisotopic (exact) mass is 345 g/mol. The van der Waals surface area contributed by atoms with Gasteiger partial charge in [0, 0.05) is 30.4 Å². The predicted octanol–water partition coefficient (Wildman–Crippen LogP) is 1.40. The Bertz CT molecular complexity index is 805. The largest absolute Gasteiger partial charge is 0.369 e. The number of likely N-dealkylation sites (tertiary alicyclic amines) is 1. The Morgan fingerprint density at radius 2 is 2.21 bits per heavy atom. The van der Waals surface area contributed by atoms with Gasteiger partial charge in [-0.2, -0.15) is 0 Å². The first-order chi connectivity index (χ1) is 11.7. The fourth-order valence-corrected chi connectivity index (χ4v) is 4.76. The third-order valence-electron chi connectivity index (χ3n) is 4.92. The second-order valence-electron chi connectivity index (χ2n) is 6.28. The lowest BCUT2D eigenvalue weighted by Crippen LogP contribution is -2.49. The summed E-state index contributed by atoms with van der Waals surface area (Å²) in [6, 6.07) is 3.85. The van der Waals surface area contributed by atoms with E-state index in [1.807, 2.05) is 4.90 Å². The molecule has 0 bridgehead atoms. The van der Waals surface area contributed by atoms with Gasteiger partial charge in [0.2, 0.25) is 5.91 Å². The first-order valence-corrected chi connectivity index (χ1v) is 9.06. The van der Waals surface area contributed by atoms with Gasteiger partial charge in [0.1, 0.15) is 12.1 Å². The van der Waals surface area contributed by atoms with Crippen LogP contribution in [-0.2, 0) is 28.1 Å². The predicted molar refractivity (Wildman–Crippen MR) is 90.0 cm³/mol. The van der Waals surface area contributed by atoms with Crippen LogP contribution in [0.4, 0.5) is 0 Å². The van der Waals surface area contributed by atoms with Gasteiger partial charge in [-0.05, 0) is 42.3 Å². The zero-order chi connectivity index (χ0) is 16.6. The van der Waals surface area contributed by atoms with E-state index in [2.05, 4.69) is 16.4 Å². The molecule has 7 heteroatoms. The molecule has 24 heavy (non-hydrogen) atoms. The lowest BCUT2D eigenvalue weighted by atomic mass is 9.85. The molecule has 2 aliphatic heterocycles. The SMILES string of the molecule is O=C(Cn1cccnc1=O)N1CCC2(CC1)OCCc1ccsc12. The van der Waals surface area contributed by atoms with E-state index in [4.69, 9.17) is 4.74 Å². The molecule has 0 atom stereocenters. The molecule has 1 spiro atoms. The molecule has 1 saturated heterocycles. The van der Waals surface area contributed by atoms with Crippen molar-refractivity contribution in [2.75, 3.05) is 19.7 Å². The molecule has 0 saturated carbocycles. The average Bonchev–Trinajstić information content (AvgIpc) is 3.08. The first kappa shape index (κ1) is 15.5. The van der Waals surface area contributed by atoms with Gasteiger partial charge in [0.05, 0.1) is 6.61 Å². The van der Waals surface area contributed by atoms with E-state index < -0.39 is 5.69 Å². The van der Waals surface area contributed by atoms with Gasteiger partial charge in [-0.1, -0.05) is 0 Å². The average molecular weight is 345 g/mol. The molecule has 0 aliphatic carbocycles. The number of carbonyl (C=O) groups excluding carboxylic acids is 1. The normalized spacial score (nSPS) is 19.2. The first-order valence-electron chi connectivity index (χ1n) is 8.18. The van der Waals surface area contributed by atoms with Crippen LogP contribution in [0.25, 0.3) is 0 Å². The summed E-state index contributed by atoms with van der Waals surface area (Å²) in [5.74, 6) is -0.0397. The van der Waals surface area contributed by atoms with E-state index in [9.17, 15) is 9.59 Å². The van der Waals surface area contributed by atoms with Crippen molar-refractivity contribution >= 4 is 17.2 Å². The molecule has 0 unspecified atom stereocenters. The molecule has 6 nitrogen and oxygen atoms in total. The number of nitrogens with zero attached hydrogens (tertiary/aromatic N) is 3. The van der Waals surface area contributed by atoms with Crippen molar-refractivity contribution in [3.63, 3.8) is 0 Å². The number of amides is 1. The van der Waals surface area contributed by atoms with Crippen molar-refractivity contribution in [2.45, 2.75) is 31.4 Å². The van der Waals surface area contributed by atoms with Gasteiger partial charge in [0.25, 0.3) is 0 Å². The molecule has 2 aromatic rings. The minimum atomic E-state index is -0.391. The Morgan fingerprint density at radius 1 is 1.38 bits per heavy atom. The summed E-state index contributed by atoms with van der Waals surface area (Å²) in [5.41, 5.74) is 0.787. The summed E-state index contributed by atoms with van der Waals surface area (Å²) in [5, 5.41) is 2.13. The topological polar surface area (TPSA) is 64.4 Å². The van der Waals surface area contributed by atoms with Crippen LogP contribution in [0.3, 0.4) is 0 Å². The van der Waals surface area contributed by atoms with Crippen molar-refractivity contribution in [1.29, 1.82) is 0 Å². The highest BCUT2D eigenvalue weighted by Crippen LogP contribution is 2.44. The Hall–Kier alpha value is -1.99. The number of piperidine rings is 1. The number of carbonyl (C=O) groups is 1. The fourth-order valence-electron chi connectivity index (χ4n) is 3.60. The molecular weight excluding hydrogens is 326 g/mol. The Morgan fingerprint density at radius 3 is 3.00 bits per heavy atom. The second-order valence-corrected chi connectivity index (χ2v) is 7.19. The highest BCUT2D eigenvalue weighted by atomic mass is 32.1. The summed E-state index contributed by atoms with van der Waals surface area (Å²) >= 11 is 1.76. The van der Waals surface area contributed by atoms with Crippen molar-refractivity contribution in [3.05, 3.63) is 50.8 Å². The highest BCUT2D eigenvalue weighted by Gasteiger charge is 2.42. The maximum Gasteiger partial charge on any atom is 0.347 e. The highest BCUT2D eigenvalue weighted by molar-refractivity contribution is 7.10. The minimum Gasteiger partial charge on any atom is -0.369 e. The van der Waals surface area contributed by atoms with Crippen molar-refractivity contribution < 1.29 is 9.53 Å². The molecule has 0 radical (unpaired) electrons. The number of aromatic nitrogens is 2. The van der Waals surface area contributed by atoms with Gasteiger partial charge in [-0.3, -0.25) is 9.36 Å². The Balaban J connectivity index is 1.45. The van der Waals surface area contributed by atoms with Crippen LogP contribution < -0.4 is 5.69 Å². The van der Waals surface area contributed by atoms with E-state index >= 15 is 0 Å². The standard InChI is InChI=1S/C17H19N3O3S/c21-14(12-20-7-1-6-18-16(20)22)19-8-4-17(5-9-19)15-13(2-10-23-17)3-11-24-15/h1,3,6-7,11H,2,4-5,8-10,12H2. The van der Waals surface area contributed by atoms with Gasteiger partial charge < -0.3 is 9.64 Å². The zero-order valence-corrected chi connectivity index (χ0v) is 14.1. The van der Waals surface area contributed by atoms with Crippen LogP contribution in [0.15, 0.2) is 34.7 Å². The van der Waals surface area contributed by atoms with Crippen LogP contribution in [0.1, 0.15) is 23.3 Å². The van der Waals surface area contributed by atoms with Gasteiger partial charge >= 0.3 is 5.69 Å². The number of hydrogen-bond donors (Lipinski definition) is 0. The Labute approximate surface area is 143 Å². The van der Waals surface area contributed by atoms with Crippen LogP contribution in [0.5, 0.6) is 0 Å². The molecule has 4 rings (SSSR count). The smallest absolute Gasteiger partial charge is 0.347 e. The summed E-state index contributed by atoms with van der Waals surface area (Å²) in [6.07, 6.45) is 5.64. The van der Waals surface area contributed by atoms with Gasteiger partial charge in [0.15, 0.2) is 0 Å². The van der Waals surface area contributed by atoms with E-state index in [0.717, 1.165) is 25.9 Å². The lowest BCUT2D eigenvalue weighted by Gasteiger charge is -2.43. The number of fused-ring (bicyclic) bond motifs is 2. The van der Waals surface area contributed by atoms with Crippen LogP contribution in [-0.4, -0.2) is 40.1 Å². The molecule has 2 aromatic heterocycles. The van der Waals surface area contributed by atoms with E-state index in [1.54, 1.807) is 23.6 Å². The molecule has 1 fully saturated rings. The molecule has 2 aliphatic rings. The summed E-state index contributed by atoms with van der Waals surface area (Å²) in [6.45, 7) is 2.11. The Kier molecular flexibility index (Phi) is 3.97. The molecule has 4 heterocycles. The zero-order valence-electron chi connectivity index (χ0n) is 13.3. The third-order valence-corrected chi connectivity index (χ3v) is 6.06. The van der Waals surface area contributed by atoms with E-state index in [0.29, 0.717) is 13.1 Å². The fraction of sp³-hybridized carbons (Fsp3) is 0.471. The van der Waals surface area contributed by atoms with Gasteiger partial charge in [-0.15, -0.1) is 11.3 Å². The molecule has 126 valence electrons. The van der Waals surface area contributed by atoms with Gasteiger partial charge in [-0.25, -0.2) is 9.78 Å².